The topological polar surface area (TPSA) is 109 Å². The van der Waals surface area contributed by atoms with Crippen molar-refractivity contribution in [2.24, 2.45) is 0 Å². The maximum absolute atomic E-state index is 12.2. The van der Waals surface area contributed by atoms with Crippen LogP contribution in [0.15, 0.2) is 48.5 Å². The number of hydrogen-bond acceptors (Lipinski definition) is 5. The molecule has 0 aromatic heterocycles. The molecule has 0 saturated heterocycles. The first-order chi connectivity index (χ1) is 13.4. The normalized spacial score (nSPS) is 11.1. The van der Waals surface area contributed by atoms with Crippen LogP contribution in [0.1, 0.15) is 17.3 Å². The maximum Gasteiger partial charge on any atom is 0.260 e. The number of nitrogens with one attached hydrogen (secondary N) is 4. The summed E-state index contributed by atoms with van der Waals surface area (Å²) in [5, 5.41) is 5.70. The van der Waals surface area contributed by atoms with E-state index in [-0.39, 0.29) is 17.1 Å². The van der Waals surface area contributed by atoms with Gasteiger partial charge in [0.2, 0.25) is 0 Å². The smallest absolute Gasteiger partial charge is 0.260 e. The summed E-state index contributed by atoms with van der Waals surface area (Å²) in [5.74, 6) is -0.942. The van der Waals surface area contributed by atoms with Gasteiger partial charge in [-0.05, 0) is 31.2 Å². The number of ether oxygens (including phenoxy) is 1. The Labute approximate surface area is 167 Å². The van der Waals surface area contributed by atoms with Gasteiger partial charge < -0.3 is 15.4 Å². The molecule has 2 rings (SSSR count). The zero-order chi connectivity index (χ0) is 20.5. The van der Waals surface area contributed by atoms with Crippen LogP contribution in [0.5, 0.6) is 5.75 Å². The van der Waals surface area contributed by atoms with Crippen LogP contribution in [0.2, 0.25) is 5.02 Å². The zero-order valence-electron chi connectivity index (χ0n) is 15.4. The molecule has 0 bridgehead atoms. The van der Waals surface area contributed by atoms with Crippen LogP contribution in [-0.4, -0.2) is 37.4 Å². The lowest BCUT2D eigenvalue weighted by molar-refractivity contribution is -0.128. The summed E-state index contributed by atoms with van der Waals surface area (Å²) in [6.45, 7) is 1.41. The Morgan fingerprint density at radius 1 is 1.04 bits per heavy atom. The van der Waals surface area contributed by atoms with Gasteiger partial charge in [-0.1, -0.05) is 35.9 Å². The second-order valence-electron chi connectivity index (χ2n) is 5.77. The van der Waals surface area contributed by atoms with Gasteiger partial charge in [-0.15, -0.1) is 0 Å². The third kappa shape index (κ3) is 5.88. The van der Waals surface area contributed by atoms with E-state index in [0.717, 1.165) is 0 Å². The number of halogens is 1. The summed E-state index contributed by atoms with van der Waals surface area (Å²) < 4.78 is 5.18. The van der Waals surface area contributed by atoms with Gasteiger partial charge in [0.05, 0.1) is 29.9 Å². The molecule has 0 heterocycles. The maximum atomic E-state index is 12.2. The number of benzene rings is 2. The largest absolute Gasteiger partial charge is 0.495 e. The van der Waals surface area contributed by atoms with Gasteiger partial charge in [-0.25, -0.2) is 0 Å². The highest BCUT2D eigenvalue weighted by atomic mass is 35.5. The van der Waals surface area contributed by atoms with Gasteiger partial charge >= 0.3 is 0 Å². The first kappa shape index (κ1) is 21.0. The minimum atomic E-state index is -0.883. The number of amides is 3. The zero-order valence-corrected chi connectivity index (χ0v) is 16.2. The van der Waals surface area contributed by atoms with Crippen LogP contribution in [0.3, 0.4) is 0 Å². The second kappa shape index (κ2) is 10.2. The molecule has 8 nitrogen and oxygen atoms in total. The van der Waals surface area contributed by atoms with E-state index in [2.05, 4.69) is 21.5 Å². The SMILES string of the molecule is COc1ccccc1NCC(=O)NNC(=O)C(C)NC(=O)c1ccccc1Cl. The Kier molecular flexibility index (Phi) is 7.65. The Morgan fingerprint density at radius 3 is 2.43 bits per heavy atom. The first-order valence-corrected chi connectivity index (χ1v) is 8.81. The molecular formula is C19H21ClN4O4. The number of anilines is 1. The lowest BCUT2D eigenvalue weighted by Gasteiger charge is -2.15. The lowest BCUT2D eigenvalue weighted by Crippen LogP contribution is -2.52. The Morgan fingerprint density at radius 2 is 1.71 bits per heavy atom. The monoisotopic (exact) mass is 404 g/mol. The van der Waals surface area contributed by atoms with Crippen molar-refractivity contribution in [1.29, 1.82) is 0 Å². The third-order valence-electron chi connectivity index (χ3n) is 3.73. The number of carbonyl (C=O) groups is 3. The van der Waals surface area contributed by atoms with Gasteiger partial charge in [-0.2, -0.15) is 0 Å². The fourth-order valence-electron chi connectivity index (χ4n) is 2.24. The molecule has 0 aliphatic rings. The third-order valence-corrected chi connectivity index (χ3v) is 4.06. The highest BCUT2D eigenvalue weighted by Crippen LogP contribution is 2.22. The number of hydrogen-bond donors (Lipinski definition) is 4. The molecule has 2 aromatic carbocycles. The number of methoxy groups -OCH3 is 1. The van der Waals surface area contributed by atoms with E-state index in [1.165, 1.54) is 14.0 Å². The highest BCUT2D eigenvalue weighted by Gasteiger charge is 2.18. The molecule has 1 unspecified atom stereocenters. The van der Waals surface area contributed by atoms with Crippen molar-refractivity contribution in [3.8, 4) is 5.75 Å². The number of hydrazine groups is 1. The summed E-state index contributed by atoms with van der Waals surface area (Å²) in [4.78, 5) is 36.1. The molecule has 0 saturated carbocycles. The molecule has 4 N–H and O–H groups in total. The fourth-order valence-corrected chi connectivity index (χ4v) is 2.46. The van der Waals surface area contributed by atoms with Crippen molar-refractivity contribution in [3.63, 3.8) is 0 Å². The van der Waals surface area contributed by atoms with Gasteiger partial charge in [-0.3, -0.25) is 25.2 Å². The molecule has 148 valence electrons. The molecular weight excluding hydrogens is 384 g/mol. The Hall–Kier alpha value is -3.26. The Balaban J connectivity index is 1.78. The van der Waals surface area contributed by atoms with Crippen molar-refractivity contribution < 1.29 is 19.1 Å². The average molecular weight is 405 g/mol. The number of carbonyl (C=O) groups excluding carboxylic acids is 3. The highest BCUT2D eigenvalue weighted by molar-refractivity contribution is 6.33. The van der Waals surface area contributed by atoms with Crippen LogP contribution >= 0.6 is 11.6 Å². The minimum Gasteiger partial charge on any atom is -0.495 e. The summed E-state index contributed by atoms with van der Waals surface area (Å²) in [6, 6.07) is 12.7. The molecule has 9 heteroatoms. The molecule has 28 heavy (non-hydrogen) atoms. The fraction of sp³-hybridized carbons (Fsp3) is 0.211. The van der Waals surface area contributed by atoms with E-state index < -0.39 is 23.8 Å². The van der Waals surface area contributed by atoms with E-state index >= 15 is 0 Å². The predicted molar refractivity (Wildman–Crippen MR) is 106 cm³/mol. The van der Waals surface area contributed by atoms with Crippen LogP contribution < -0.4 is 26.2 Å². The van der Waals surface area contributed by atoms with Crippen LogP contribution in [-0.2, 0) is 9.59 Å². The standard InChI is InChI=1S/C19H21ClN4O4/c1-12(22-19(27)13-7-3-4-8-14(13)20)18(26)24-23-17(25)11-21-15-9-5-6-10-16(15)28-2/h3-10,12,21H,11H2,1-2H3,(H,22,27)(H,23,25)(H,24,26). The molecule has 0 aliphatic heterocycles. The molecule has 1 atom stereocenters. The van der Waals surface area contributed by atoms with Crippen molar-refractivity contribution >= 4 is 35.0 Å². The van der Waals surface area contributed by atoms with E-state index in [9.17, 15) is 14.4 Å². The summed E-state index contributed by atoms with van der Waals surface area (Å²) in [7, 11) is 1.53. The molecule has 0 aliphatic carbocycles. The van der Waals surface area contributed by atoms with Gasteiger partial charge in [0, 0.05) is 0 Å². The predicted octanol–water partition coefficient (Wildman–Crippen LogP) is 1.73. The summed E-state index contributed by atoms with van der Waals surface area (Å²) in [5.41, 5.74) is 5.44. The molecule has 3 amide bonds. The van der Waals surface area contributed by atoms with Crippen molar-refractivity contribution in [1.82, 2.24) is 16.2 Å². The molecule has 2 aromatic rings. The quantitative estimate of drug-likeness (QED) is 0.525. The summed E-state index contributed by atoms with van der Waals surface area (Å²) in [6.07, 6.45) is 0. The first-order valence-electron chi connectivity index (χ1n) is 8.43. The van der Waals surface area contributed by atoms with Crippen LogP contribution in [0, 0.1) is 0 Å². The van der Waals surface area contributed by atoms with Gasteiger partial charge in [0.15, 0.2) is 0 Å². The summed E-state index contributed by atoms with van der Waals surface area (Å²) >= 11 is 5.96. The van der Waals surface area contributed by atoms with Crippen molar-refractivity contribution in [2.75, 3.05) is 19.0 Å². The minimum absolute atomic E-state index is 0.0823. The van der Waals surface area contributed by atoms with E-state index in [1.54, 1.807) is 42.5 Å². The van der Waals surface area contributed by atoms with Crippen molar-refractivity contribution in [2.45, 2.75) is 13.0 Å². The average Bonchev–Trinajstić information content (AvgIpc) is 2.70. The van der Waals surface area contributed by atoms with E-state index in [1.807, 2.05) is 6.07 Å². The molecule has 0 fully saturated rings. The van der Waals surface area contributed by atoms with Gasteiger partial charge in [0.1, 0.15) is 11.8 Å². The van der Waals surface area contributed by atoms with Gasteiger partial charge in [0.25, 0.3) is 17.7 Å². The second-order valence-corrected chi connectivity index (χ2v) is 6.17. The van der Waals surface area contributed by atoms with Crippen LogP contribution in [0.4, 0.5) is 5.69 Å². The van der Waals surface area contributed by atoms with Crippen molar-refractivity contribution in [3.05, 3.63) is 59.1 Å². The van der Waals surface area contributed by atoms with Crippen LogP contribution in [0.25, 0.3) is 0 Å². The number of rotatable bonds is 7. The number of para-hydroxylation sites is 2. The molecule has 0 spiro atoms. The molecule has 0 radical (unpaired) electrons. The van der Waals surface area contributed by atoms with E-state index in [4.69, 9.17) is 16.3 Å². The van der Waals surface area contributed by atoms with E-state index in [0.29, 0.717) is 11.4 Å². The lowest BCUT2D eigenvalue weighted by atomic mass is 10.2. The Bertz CT molecular complexity index is 859.